The zero-order chi connectivity index (χ0) is 23.6. The predicted octanol–water partition coefficient (Wildman–Crippen LogP) is 4.78. The van der Waals surface area contributed by atoms with Gasteiger partial charge >= 0.3 is 0 Å². The summed E-state index contributed by atoms with van der Waals surface area (Å²) in [6.07, 6.45) is -0.243. The number of furan rings is 1. The molecule has 1 aromatic heterocycles. The lowest BCUT2D eigenvalue weighted by atomic mass is 10.0. The molecule has 1 heterocycles. The van der Waals surface area contributed by atoms with E-state index in [4.69, 9.17) is 9.15 Å². The van der Waals surface area contributed by atoms with Gasteiger partial charge in [-0.1, -0.05) is 13.8 Å². The molecule has 3 rings (SSSR count). The molecule has 0 aliphatic heterocycles. The molecule has 172 valence electrons. The summed E-state index contributed by atoms with van der Waals surface area (Å²) < 4.78 is 52.9. The van der Waals surface area contributed by atoms with Crippen LogP contribution in [0.15, 0.2) is 40.8 Å². The molecular weight excluding hydrogens is 435 g/mol. The number of hydrogen-bond acceptors (Lipinski definition) is 5. The summed E-state index contributed by atoms with van der Waals surface area (Å²) in [5.74, 6) is -0.422. The zero-order valence-corrected chi connectivity index (χ0v) is 19.5. The average Bonchev–Trinajstić information content (AvgIpc) is 3.04. The molecule has 2 aromatic carbocycles. The second-order valence-electron chi connectivity index (χ2n) is 8.18. The van der Waals surface area contributed by atoms with Crippen LogP contribution in [-0.2, 0) is 10.0 Å². The van der Waals surface area contributed by atoms with Gasteiger partial charge in [-0.05, 0) is 50.1 Å². The van der Waals surface area contributed by atoms with E-state index in [2.05, 4.69) is 10.0 Å². The molecule has 0 spiro atoms. The number of carbonyl (C=O) groups is 1. The monoisotopic (exact) mass is 462 g/mol. The number of hydrogen-bond donors (Lipinski definition) is 2. The molecule has 0 saturated carbocycles. The van der Waals surface area contributed by atoms with Crippen molar-refractivity contribution >= 4 is 32.6 Å². The largest absolute Gasteiger partial charge is 0.489 e. The van der Waals surface area contributed by atoms with Gasteiger partial charge in [0.2, 0.25) is 10.0 Å². The average molecular weight is 463 g/mol. The van der Waals surface area contributed by atoms with Crippen LogP contribution in [0.25, 0.3) is 22.3 Å². The van der Waals surface area contributed by atoms with E-state index in [-0.39, 0.29) is 40.5 Å². The van der Waals surface area contributed by atoms with Crippen LogP contribution in [0.1, 0.15) is 38.1 Å². The van der Waals surface area contributed by atoms with Crippen molar-refractivity contribution in [2.75, 3.05) is 17.5 Å². The lowest BCUT2D eigenvalue weighted by molar-refractivity contribution is 0.0964. The van der Waals surface area contributed by atoms with E-state index >= 15 is 0 Å². The van der Waals surface area contributed by atoms with E-state index in [0.29, 0.717) is 16.5 Å². The maximum absolute atomic E-state index is 13.4. The fourth-order valence-electron chi connectivity index (χ4n) is 3.36. The summed E-state index contributed by atoms with van der Waals surface area (Å²) in [5, 5.41) is 3.04. The molecule has 2 N–H and O–H groups in total. The van der Waals surface area contributed by atoms with E-state index in [9.17, 15) is 17.6 Å². The number of sulfonamides is 1. The summed E-state index contributed by atoms with van der Waals surface area (Å²) >= 11 is 0. The van der Waals surface area contributed by atoms with Gasteiger partial charge in [-0.25, -0.2) is 12.8 Å². The first-order chi connectivity index (χ1) is 15.0. The minimum atomic E-state index is -3.63. The van der Waals surface area contributed by atoms with E-state index in [0.717, 1.165) is 0 Å². The molecule has 0 bridgehead atoms. The highest BCUT2D eigenvalue weighted by molar-refractivity contribution is 7.92. The molecule has 1 amide bonds. The molecule has 7 nitrogen and oxygen atoms in total. The molecule has 0 fully saturated rings. The van der Waals surface area contributed by atoms with Crippen molar-refractivity contribution in [2.45, 2.75) is 33.8 Å². The highest BCUT2D eigenvalue weighted by Gasteiger charge is 2.25. The summed E-state index contributed by atoms with van der Waals surface area (Å²) in [6, 6.07) is 8.66. The maximum Gasteiger partial charge on any atom is 0.255 e. The second-order valence-corrected chi connectivity index (χ2v) is 9.95. The van der Waals surface area contributed by atoms with Crippen LogP contribution in [0.2, 0.25) is 0 Å². The number of carbonyl (C=O) groups excluding carboxylic acids is 1. The Balaban J connectivity index is 2.24. The van der Waals surface area contributed by atoms with Crippen molar-refractivity contribution in [2.24, 2.45) is 5.92 Å². The Labute approximate surface area is 187 Å². The lowest BCUT2D eigenvalue weighted by Gasteiger charge is -2.16. The van der Waals surface area contributed by atoms with Gasteiger partial charge in [0.15, 0.2) is 0 Å². The Hall–Kier alpha value is -3.07. The Morgan fingerprint density at radius 1 is 1.12 bits per heavy atom. The third kappa shape index (κ3) is 5.21. The van der Waals surface area contributed by atoms with E-state index in [1.165, 1.54) is 37.4 Å². The number of halogens is 1. The van der Waals surface area contributed by atoms with Gasteiger partial charge in [0, 0.05) is 24.1 Å². The zero-order valence-electron chi connectivity index (χ0n) is 18.7. The molecular formula is C23H27FN2O5S. The molecule has 0 atom stereocenters. The van der Waals surface area contributed by atoms with Gasteiger partial charge in [0.05, 0.1) is 23.1 Å². The lowest BCUT2D eigenvalue weighted by Crippen LogP contribution is -2.21. The van der Waals surface area contributed by atoms with Gasteiger partial charge in [0.1, 0.15) is 22.9 Å². The first-order valence-corrected chi connectivity index (χ1v) is 11.9. The number of benzene rings is 2. The minimum absolute atomic E-state index is 0.0609. The standard InChI is InChI=1S/C23H27FN2O5S/c1-13(2)12-32(28,29)26-18-11-19-17(10-20(18)30-14(3)4)21(23(27)25-5)22(31-19)15-6-8-16(24)9-7-15/h6-11,13-14,26H,12H2,1-5H3,(H,25,27). The Morgan fingerprint density at radius 3 is 2.34 bits per heavy atom. The highest BCUT2D eigenvalue weighted by Crippen LogP contribution is 2.39. The molecule has 9 heteroatoms. The van der Waals surface area contributed by atoms with Gasteiger partial charge in [-0.2, -0.15) is 0 Å². The van der Waals surface area contributed by atoms with Crippen LogP contribution < -0.4 is 14.8 Å². The van der Waals surface area contributed by atoms with Crippen LogP contribution in [0, 0.1) is 11.7 Å². The Bertz CT molecular complexity index is 1230. The molecule has 0 aliphatic carbocycles. The summed E-state index contributed by atoms with van der Waals surface area (Å²) in [4.78, 5) is 12.7. The van der Waals surface area contributed by atoms with Crippen molar-refractivity contribution in [3.05, 3.63) is 47.8 Å². The van der Waals surface area contributed by atoms with Crippen LogP contribution >= 0.6 is 0 Å². The first kappa shape index (κ1) is 23.6. The van der Waals surface area contributed by atoms with Crippen molar-refractivity contribution in [3.63, 3.8) is 0 Å². The van der Waals surface area contributed by atoms with Gasteiger partial charge in [0.25, 0.3) is 5.91 Å². The van der Waals surface area contributed by atoms with Crippen molar-refractivity contribution in [1.82, 2.24) is 5.32 Å². The molecule has 3 aromatic rings. The summed E-state index contributed by atoms with van der Waals surface area (Å²) in [5.41, 5.74) is 1.27. The SMILES string of the molecule is CNC(=O)c1c(-c2ccc(F)cc2)oc2cc(NS(=O)(=O)CC(C)C)c(OC(C)C)cc12. The van der Waals surface area contributed by atoms with E-state index < -0.39 is 21.7 Å². The normalized spacial score (nSPS) is 11.9. The van der Waals surface area contributed by atoms with E-state index in [1.54, 1.807) is 6.07 Å². The quantitative estimate of drug-likeness (QED) is 0.502. The predicted molar refractivity (Wildman–Crippen MR) is 123 cm³/mol. The fraction of sp³-hybridized carbons (Fsp3) is 0.348. The maximum atomic E-state index is 13.4. The summed E-state index contributed by atoms with van der Waals surface area (Å²) in [7, 11) is -2.14. The van der Waals surface area contributed by atoms with Crippen molar-refractivity contribution in [3.8, 4) is 17.1 Å². The molecule has 0 unspecified atom stereocenters. The third-order valence-corrected chi connectivity index (χ3v) is 6.17. The van der Waals surface area contributed by atoms with E-state index in [1.807, 2.05) is 27.7 Å². The highest BCUT2D eigenvalue weighted by atomic mass is 32.2. The minimum Gasteiger partial charge on any atom is -0.489 e. The summed E-state index contributed by atoms with van der Waals surface area (Å²) in [6.45, 7) is 7.25. The number of amides is 1. The number of fused-ring (bicyclic) bond motifs is 1. The number of ether oxygens (including phenoxy) is 1. The van der Waals surface area contributed by atoms with Crippen LogP contribution in [-0.4, -0.2) is 33.2 Å². The second kappa shape index (κ2) is 9.20. The number of rotatable bonds is 8. The number of nitrogens with one attached hydrogen (secondary N) is 2. The van der Waals surface area contributed by atoms with Crippen LogP contribution in [0.3, 0.4) is 0 Å². The first-order valence-electron chi connectivity index (χ1n) is 10.3. The van der Waals surface area contributed by atoms with Gasteiger partial charge < -0.3 is 14.5 Å². The Kier molecular flexibility index (Phi) is 6.78. The molecule has 0 aliphatic rings. The molecule has 32 heavy (non-hydrogen) atoms. The topological polar surface area (TPSA) is 97.6 Å². The fourth-order valence-corrected chi connectivity index (χ4v) is 4.81. The molecule has 0 saturated heterocycles. The van der Waals surface area contributed by atoms with Gasteiger partial charge in [-0.15, -0.1) is 0 Å². The molecule has 0 radical (unpaired) electrons. The Morgan fingerprint density at radius 2 is 1.78 bits per heavy atom. The third-order valence-electron chi connectivity index (χ3n) is 4.53. The van der Waals surface area contributed by atoms with Gasteiger partial charge in [-0.3, -0.25) is 9.52 Å². The van der Waals surface area contributed by atoms with Crippen molar-refractivity contribution in [1.29, 1.82) is 0 Å². The van der Waals surface area contributed by atoms with Crippen LogP contribution in [0.5, 0.6) is 5.75 Å². The van der Waals surface area contributed by atoms with Crippen LogP contribution in [0.4, 0.5) is 10.1 Å². The smallest absolute Gasteiger partial charge is 0.255 e. The number of anilines is 1. The van der Waals surface area contributed by atoms with Crippen molar-refractivity contribution < 1.29 is 26.8 Å².